The number of rotatable bonds is 5. The van der Waals surface area contributed by atoms with Crippen LogP contribution in [0.15, 0.2) is 40.7 Å². The molecule has 0 aliphatic carbocycles. The summed E-state index contributed by atoms with van der Waals surface area (Å²) >= 11 is 2.65. The van der Waals surface area contributed by atoms with Crippen molar-refractivity contribution in [2.45, 2.75) is 4.34 Å². The van der Waals surface area contributed by atoms with Gasteiger partial charge in [0.25, 0.3) is 0 Å². The van der Waals surface area contributed by atoms with Gasteiger partial charge in [0, 0.05) is 5.56 Å². The van der Waals surface area contributed by atoms with Crippen LogP contribution in [-0.2, 0) is 4.79 Å². The molecule has 0 saturated heterocycles. The van der Waals surface area contributed by atoms with Gasteiger partial charge in [0.05, 0.1) is 16.3 Å². The van der Waals surface area contributed by atoms with E-state index in [4.69, 9.17) is 29.0 Å². The van der Waals surface area contributed by atoms with Gasteiger partial charge in [-0.05, 0) is 42.0 Å². The molecule has 0 atom stereocenters. The van der Waals surface area contributed by atoms with E-state index in [9.17, 15) is 4.79 Å². The van der Waals surface area contributed by atoms with E-state index in [0.29, 0.717) is 27.3 Å². The van der Waals surface area contributed by atoms with Gasteiger partial charge in [-0.3, -0.25) is 4.79 Å². The first kappa shape index (κ1) is 17.2. The highest BCUT2D eigenvalue weighted by Crippen LogP contribution is 2.45. The molecule has 2 aliphatic rings. The molecule has 0 radical (unpaired) electrons. The minimum atomic E-state index is -0.880. The predicted octanol–water partition coefficient (Wildman–Crippen LogP) is 4.11. The van der Waals surface area contributed by atoms with Gasteiger partial charge in [-0.15, -0.1) is 11.3 Å². The molecule has 2 aromatic carbocycles. The number of thioether (sulfide) groups is 1. The lowest BCUT2D eigenvalue weighted by Crippen LogP contribution is -1.96. The Morgan fingerprint density at radius 3 is 2.25 bits per heavy atom. The second-order valence-electron chi connectivity index (χ2n) is 5.98. The molecule has 0 spiro atoms. The average molecular weight is 415 g/mol. The van der Waals surface area contributed by atoms with Gasteiger partial charge < -0.3 is 24.1 Å². The van der Waals surface area contributed by atoms with Gasteiger partial charge in [-0.2, -0.15) is 0 Å². The lowest BCUT2D eigenvalue weighted by Gasteiger charge is -2.05. The summed E-state index contributed by atoms with van der Waals surface area (Å²) in [6, 6.07) is 11.4. The van der Waals surface area contributed by atoms with Crippen molar-refractivity contribution < 1.29 is 28.8 Å². The number of fused-ring (bicyclic) bond motifs is 2. The zero-order chi connectivity index (χ0) is 19.1. The van der Waals surface area contributed by atoms with Crippen LogP contribution in [0, 0.1) is 0 Å². The molecular weight excluding hydrogens is 402 g/mol. The summed E-state index contributed by atoms with van der Waals surface area (Å²) in [5, 5.41) is 8.99. The van der Waals surface area contributed by atoms with E-state index in [1.165, 1.54) is 23.1 Å². The largest absolute Gasteiger partial charge is 0.481 e. The van der Waals surface area contributed by atoms with E-state index in [2.05, 4.69) is 0 Å². The molecule has 7 nitrogen and oxygen atoms in total. The first-order chi connectivity index (χ1) is 13.7. The number of nitrogens with zero attached hydrogens (tertiary/aromatic N) is 1. The Morgan fingerprint density at radius 2 is 1.57 bits per heavy atom. The van der Waals surface area contributed by atoms with E-state index in [-0.39, 0.29) is 19.3 Å². The van der Waals surface area contributed by atoms with Crippen molar-refractivity contribution in [3.05, 3.63) is 36.4 Å². The topological polar surface area (TPSA) is 87.1 Å². The molecule has 3 heterocycles. The van der Waals surface area contributed by atoms with Crippen molar-refractivity contribution in [1.29, 1.82) is 0 Å². The first-order valence-corrected chi connectivity index (χ1v) is 10.1. The SMILES string of the molecule is O=C(O)CSc1nc(-c2ccc3c(c2)OCO3)c(-c2ccc3c(c2)OCO3)s1. The number of hydrogen-bond acceptors (Lipinski definition) is 8. The van der Waals surface area contributed by atoms with Crippen molar-refractivity contribution in [1.82, 2.24) is 4.98 Å². The number of carboxylic acids is 1. The van der Waals surface area contributed by atoms with Crippen LogP contribution >= 0.6 is 23.1 Å². The number of carbonyl (C=O) groups is 1. The summed E-state index contributed by atoms with van der Waals surface area (Å²) < 4.78 is 22.4. The van der Waals surface area contributed by atoms with Crippen molar-refractivity contribution in [2.75, 3.05) is 19.3 Å². The molecule has 1 N–H and O–H groups in total. The van der Waals surface area contributed by atoms with Crippen LogP contribution in [0.25, 0.3) is 21.7 Å². The van der Waals surface area contributed by atoms with Crippen molar-refractivity contribution in [2.24, 2.45) is 0 Å². The van der Waals surface area contributed by atoms with Gasteiger partial charge in [-0.1, -0.05) is 11.8 Å². The molecule has 9 heteroatoms. The number of hydrogen-bond donors (Lipinski definition) is 1. The number of ether oxygens (including phenoxy) is 4. The van der Waals surface area contributed by atoms with Crippen molar-refractivity contribution in [3.8, 4) is 44.7 Å². The van der Waals surface area contributed by atoms with E-state index in [1.54, 1.807) is 0 Å². The van der Waals surface area contributed by atoms with Gasteiger partial charge in [0.15, 0.2) is 27.3 Å². The van der Waals surface area contributed by atoms with Gasteiger partial charge in [0.1, 0.15) is 0 Å². The summed E-state index contributed by atoms with van der Waals surface area (Å²) in [6.07, 6.45) is 0. The molecular formula is C19H13NO6S2. The van der Waals surface area contributed by atoms with Crippen LogP contribution < -0.4 is 18.9 Å². The second kappa shape index (κ2) is 6.92. The van der Waals surface area contributed by atoms with Crippen molar-refractivity contribution in [3.63, 3.8) is 0 Å². The molecule has 5 rings (SSSR count). The Morgan fingerprint density at radius 1 is 0.964 bits per heavy atom. The third-order valence-corrected chi connectivity index (χ3v) is 6.44. The summed E-state index contributed by atoms with van der Waals surface area (Å²) in [4.78, 5) is 16.6. The maximum absolute atomic E-state index is 11.0. The number of aliphatic carboxylic acids is 1. The van der Waals surface area contributed by atoms with Crippen LogP contribution in [-0.4, -0.2) is 35.4 Å². The van der Waals surface area contributed by atoms with Gasteiger partial charge >= 0.3 is 5.97 Å². The zero-order valence-corrected chi connectivity index (χ0v) is 16.0. The summed E-state index contributed by atoms with van der Waals surface area (Å²) in [6.45, 7) is 0.404. The molecule has 0 saturated carbocycles. The fourth-order valence-electron chi connectivity index (χ4n) is 2.96. The zero-order valence-electron chi connectivity index (χ0n) is 14.3. The Labute approximate surface area is 167 Å². The molecule has 0 fully saturated rings. The Bertz CT molecular complexity index is 1010. The van der Waals surface area contributed by atoms with E-state index in [1.807, 2.05) is 36.4 Å². The smallest absolute Gasteiger partial charge is 0.313 e. The maximum atomic E-state index is 11.0. The lowest BCUT2D eigenvalue weighted by atomic mass is 10.1. The normalized spacial score (nSPS) is 13.7. The van der Waals surface area contributed by atoms with Crippen molar-refractivity contribution >= 4 is 29.1 Å². The monoisotopic (exact) mass is 415 g/mol. The molecule has 0 amide bonds. The number of aromatic nitrogens is 1. The fourth-order valence-corrected chi connectivity index (χ4v) is 4.84. The predicted molar refractivity (Wildman–Crippen MR) is 104 cm³/mol. The third kappa shape index (κ3) is 3.12. The van der Waals surface area contributed by atoms with Crippen LogP contribution in [0.3, 0.4) is 0 Å². The van der Waals surface area contributed by atoms with Crippen LogP contribution in [0.5, 0.6) is 23.0 Å². The van der Waals surface area contributed by atoms with Crippen LogP contribution in [0.4, 0.5) is 0 Å². The van der Waals surface area contributed by atoms with Gasteiger partial charge in [-0.25, -0.2) is 4.98 Å². The second-order valence-corrected chi connectivity index (χ2v) is 8.20. The quantitative estimate of drug-likeness (QED) is 0.623. The summed E-state index contributed by atoms with van der Waals surface area (Å²) in [7, 11) is 0. The number of carboxylic acid groups (broad SMARTS) is 1. The molecule has 0 bridgehead atoms. The fraction of sp³-hybridized carbons (Fsp3) is 0.158. The number of benzene rings is 2. The van der Waals surface area contributed by atoms with Crippen LogP contribution in [0.1, 0.15) is 0 Å². The standard InChI is InChI=1S/C19H13NO6S2/c21-16(22)7-27-19-20-17(10-1-3-12-14(5-10)25-8-23-12)18(28-19)11-2-4-13-15(6-11)26-9-24-13/h1-6H,7-9H2,(H,21,22). The summed E-state index contributed by atoms with van der Waals surface area (Å²) in [5.74, 6) is 1.83. The van der Waals surface area contributed by atoms with Gasteiger partial charge in [0.2, 0.25) is 13.6 Å². The highest BCUT2D eigenvalue weighted by atomic mass is 32.2. The third-order valence-electron chi connectivity index (χ3n) is 4.21. The van der Waals surface area contributed by atoms with E-state index < -0.39 is 5.97 Å². The molecule has 0 unspecified atom stereocenters. The molecule has 1 aromatic heterocycles. The maximum Gasteiger partial charge on any atom is 0.313 e. The van der Waals surface area contributed by atoms with E-state index >= 15 is 0 Å². The number of thiazole rings is 1. The van der Waals surface area contributed by atoms with E-state index in [0.717, 1.165) is 21.7 Å². The first-order valence-electron chi connectivity index (χ1n) is 8.33. The molecule has 28 heavy (non-hydrogen) atoms. The van der Waals surface area contributed by atoms with Crippen LogP contribution in [0.2, 0.25) is 0 Å². The lowest BCUT2D eigenvalue weighted by molar-refractivity contribution is -0.133. The summed E-state index contributed by atoms with van der Waals surface area (Å²) in [5.41, 5.74) is 2.56. The minimum Gasteiger partial charge on any atom is -0.481 e. The molecule has 3 aromatic rings. The minimum absolute atomic E-state index is 0.0470. The Hall–Kier alpha value is -2.91. The Kier molecular flexibility index (Phi) is 4.25. The molecule has 2 aliphatic heterocycles. The average Bonchev–Trinajstić information content (AvgIpc) is 3.43. The highest BCUT2D eigenvalue weighted by molar-refractivity contribution is 8.01. The Balaban J connectivity index is 1.59. The highest BCUT2D eigenvalue weighted by Gasteiger charge is 2.22. The molecule has 142 valence electrons.